The van der Waals surface area contributed by atoms with Crippen LogP contribution in [0.1, 0.15) is 29.9 Å². The van der Waals surface area contributed by atoms with Gasteiger partial charge in [-0.3, -0.25) is 4.40 Å². The van der Waals surface area contributed by atoms with Crippen LogP contribution in [0.2, 0.25) is 0 Å². The fourth-order valence-electron chi connectivity index (χ4n) is 2.52. The van der Waals surface area contributed by atoms with Crippen LogP contribution in [-0.2, 0) is 11.3 Å². The van der Waals surface area contributed by atoms with Crippen molar-refractivity contribution in [2.45, 2.75) is 39.3 Å². The van der Waals surface area contributed by atoms with E-state index in [-0.39, 0.29) is 0 Å². The third-order valence-electron chi connectivity index (χ3n) is 3.61. The Morgan fingerprint density at radius 3 is 3.00 bits per heavy atom. The highest BCUT2D eigenvalue weighted by Crippen LogP contribution is 2.20. The molecule has 0 aromatic carbocycles. The summed E-state index contributed by atoms with van der Waals surface area (Å²) in [4.78, 5) is 5.72. The topological polar surface area (TPSA) is 38.6 Å². The van der Waals surface area contributed by atoms with Crippen molar-refractivity contribution < 1.29 is 4.74 Å². The molecule has 1 N–H and O–H groups in total. The molecule has 3 rings (SSSR count). The first kappa shape index (κ1) is 12.1. The number of nitrogens with zero attached hydrogens (tertiary/aromatic N) is 2. The first-order valence-electron chi connectivity index (χ1n) is 6.49. The van der Waals surface area contributed by atoms with Gasteiger partial charge in [-0.05, 0) is 26.7 Å². The molecule has 5 heteroatoms. The van der Waals surface area contributed by atoms with Crippen molar-refractivity contribution in [3.8, 4) is 0 Å². The number of rotatable bonds is 3. The summed E-state index contributed by atoms with van der Waals surface area (Å²) in [6.45, 7) is 6.91. The summed E-state index contributed by atoms with van der Waals surface area (Å²) in [5, 5.41) is 5.80. The van der Waals surface area contributed by atoms with E-state index < -0.39 is 0 Å². The fourth-order valence-corrected chi connectivity index (χ4v) is 3.45. The molecular formula is C13H19N3OS. The molecule has 0 amide bonds. The number of aryl methyl sites for hydroxylation is 2. The monoisotopic (exact) mass is 265 g/mol. The van der Waals surface area contributed by atoms with Crippen LogP contribution in [0.4, 0.5) is 0 Å². The molecule has 2 aromatic rings. The van der Waals surface area contributed by atoms with Gasteiger partial charge in [0, 0.05) is 36.9 Å². The van der Waals surface area contributed by atoms with Crippen molar-refractivity contribution in [1.82, 2.24) is 14.7 Å². The highest BCUT2D eigenvalue weighted by molar-refractivity contribution is 7.15. The normalized spacial score (nSPS) is 17.7. The molecule has 0 saturated carbocycles. The number of thiazole rings is 1. The first-order valence-corrected chi connectivity index (χ1v) is 7.37. The number of hydrogen-bond acceptors (Lipinski definition) is 4. The summed E-state index contributed by atoms with van der Waals surface area (Å²) >= 11 is 1.71. The summed E-state index contributed by atoms with van der Waals surface area (Å²) in [5.41, 5.74) is 3.72. The molecule has 0 radical (unpaired) electrons. The Morgan fingerprint density at radius 1 is 1.44 bits per heavy atom. The highest BCUT2D eigenvalue weighted by Gasteiger charge is 2.16. The van der Waals surface area contributed by atoms with Gasteiger partial charge >= 0.3 is 0 Å². The third kappa shape index (κ3) is 2.18. The van der Waals surface area contributed by atoms with Crippen molar-refractivity contribution in [2.75, 3.05) is 13.2 Å². The Kier molecular flexibility index (Phi) is 3.37. The minimum absolute atomic E-state index is 0.586. The Balaban J connectivity index is 1.77. The molecule has 1 aliphatic rings. The molecule has 0 aliphatic carbocycles. The molecule has 3 heterocycles. The minimum Gasteiger partial charge on any atom is -0.381 e. The second kappa shape index (κ2) is 4.99. The molecular weight excluding hydrogens is 246 g/mol. The van der Waals surface area contributed by atoms with Gasteiger partial charge in [0.05, 0.1) is 11.4 Å². The summed E-state index contributed by atoms with van der Waals surface area (Å²) in [6, 6.07) is 0.586. The van der Waals surface area contributed by atoms with Crippen LogP contribution in [0.15, 0.2) is 5.38 Å². The van der Waals surface area contributed by atoms with E-state index in [1.807, 2.05) is 0 Å². The Labute approximate surface area is 111 Å². The van der Waals surface area contributed by atoms with Gasteiger partial charge < -0.3 is 10.1 Å². The van der Waals surface area contributed by atoms with Crippen LogP contribution >= 0.6 is 11.3 Å². The van der Waals surface area contributed by atoms with Crippen molar-refractivity contribution >= 4 is 16.3 Å². The van der Waals surface area contributed by atoms with E-state index in [9.17, 15) is 0 Å². The molecule has 0 bridgehead atoms. The zero-order valence-corrected chi connectivity index (χ0v) is 11.7. The second-order valence-corrected chi connectivity index (χ2v) is 5.74. The maximum absolute atomic E-state index is 5.38. The fraction of sp³-hybridized carbons (Fsp3) is 0.615. The summed E-state index contributed by atoms with van der Waals surface area (Å²) in [7, 11) is 0. The molecule has 2 aromatic heterocycles. The molecule has 4 nitrogen and oxygen atoms in total. The van der Waals surface area contributed by atoms with Gasteiger partial charge in [-0.15, -0.1) is 11.3 Å². The molecule has 18 heavy (non-hydrogen) atoms. The molecule has 1 aliphatic heterocycles. The molecule has 1 saturated heterocycles. The lowest BCUT2D eigenvalue weighted by atomic mass is 10.1. The van der Waals surface area contributed by atoms with Crippen LogP contribution in [-0.4, -0.2) is 28.6 Å². The molecule has 1 fully saturated rings. The van der Waals surface area contributed by atoms with Gasteiger partial charge in [-0.25, -0.2) is 4.98 Å². The van der Waals surface area contributed by atoms with Crippen LogP contribution in [0.25, 0.3) is 4.96 Å². The van der Waals surface area contributed by atoms with Crippen LogP contribution < -0.4 is 5.32 Å². The lowest BCUT2D eigenvalue weighted by Gasteiger charge is -2.23. The molecule has 98 valence electrons. The van der Waals surface area contributed by atoms with E-state index in [4.69, 9.17) is 4.74 Å². The standard InChI is InChI=1S/C13H19N3OS/c1-9-8-18-13-15-10(2)12(16(9)13)7-14-11-3-5-17-6-4-11/h8,11,14H,3-7H2,1-2H3. The average molecular weight is 265 g/mol. The number of aromatic nitrogens is 2. The molecule has 0 spiro atoms. The van der Waals surface area contributed by atoms with Crippen molar-refractivity contribution in [1.29, 1.82) is 0 Å². The Hall–Kier alpha value is -0.910. The number of hydrogen-bond donors (Lipinski definition) is 1. The Morgan fingerprint density at radius 2 is 2.22 bits per heavy atom. The molecule has 0 atom stereocenters. The highest BCUT2D eigenvalue weighted by atomic mass is 32.1. The van der Waals surface area contributed by atoms with E-state index >= 15 is 0 Å². The van der Waals surface area contributed by atoms with Crippen LogP contribution in [0.3, 0.4) is 0 Å². The molecule has 0 unspecified atom stereocenters. The van der Waals surface area contributed by atoms with Gasteiger partial charge in [-0.1, -0.05) is 0 Å². The van der Waals surface area contributed by atoms with Gasteiger partial charge in [0.2, 0.25) is 0 Å². The first-order chi connectivity index (χ1) is 8.75. The van der Waals surface area contributed by atoms with Crippen molar-refractivity contribution in [3.63, 3.8) is 0 Å². The zero-order chi connectivity index (χ0) is 12.5. The summed E-state index contributed by atoms with van der Waals surface area (Å²) in [5.74, 6) is 0. The number of nitrogens with one attached hydrogen (secondary N) is 1. The van der Waals surface area contributed by atoms with Gasteiger partial charge in [0.1, 0.15) is 0 Å². The van der Waals surface area contributed by atoms with Crippen molar-refractivity contribution in [3.05, 3.63) is 22.5 Å². The Bertz CT molecular complexity index is 540. The van der Waals surface area contributed by atoms with E-state index in [0.29, 0.717) is 6.04 Å². The van der Waals surface area contributed by atoms with E-state index in [1.165, 1.54) is 11.4 Å². The van der Waals surface area contributed by atoms with Crippen LogP contribution in [0.5, 0.6) is 0 Å². The van der Waals surface area contributed by atoms with Gasteiger partial charge in [0.25, 0.3) is 0 Å². The quantitative estimate of drug-likeness (QED) is 0.925. The zero-order valence-electron chi connectivity index (χ0n) is 10.9. The van der Waals surface area contributed by atoms with Crippen LogP contribution in [0, 0.1) is 13.8 Å². The lowest BCUT2D eigenvalue weighted by Crippen LogP contribution is -2.34. The maximum atomic E-state index is 5.38. The van der Waals surface area contributed by atoms with Gasteiger partial charge in [0.15, 0.2) is 4.96 Å². The largest absolute Gasteiger partial charge is 0.381 e. The summed E-state index contributed by atoms with van der Waals surface area (Å²) < 4.78 is 7.65. The number of ether oxygens (including phenoxy) is 1. The van der Waals surface area contributed by atoms with E-state index in [2.05, 4.69) is 33.9 Å². The lowest BCUT2D eigenvalue weighted by molar-refractivity contribution is 0.0775. The van der Waals surface area contributed by atoms with Gasteiger partial charge in [-0.2, -0.15) is 0 Å². The predicted octanol–water partition coefficient (Wildman–Crippen LogP) is 2.28. The van der Waals surface area contributed by atoms with E-state index in [1.54, 1.807) is 11.3 Å². The SMILES string of the molecule is Cc1nc2scc(C)n2c1CNC1CCOCC1. The second-order valence-electron chi connectivity index (χ2n) is 4.91. The smallest absolute Gasteiger partial charge is 0.194 e. The third-order valence-corrected chi connectivity index (χ3v) is 4.55. The maximum Gasteiger partial charge on any atom is 0.194 e. The minimum atomic E-state index is 0.586. The van der Waals surface area contributed by atoms with Crippen molar-refractivity contribution in [2.24, 2.45) is 0 Å². The predicted molar refractivity (Wildman–Crippen MR) is 73.2 cm³/mol. The number of fused-ring (bicyclic) bond motifs is 1. The summed E-state index contributed by atoms with van der Waals surface area (Å²) in [6.07, 6.45) is 2.23. The number of imidazole rings is 1. The van der Waals surface area contributed by atoms with E-state index in [0.717, 1.165) is 43.3 Å². The average Bonchev–Trinajstić information content (AvgIpc) is 2.88.